The average molecular weight is 302 g/mol. The lowest BCUT2D eigenvalue weighted by molar-refractivity contribution is -0.0639. The van der Waals surface area contributed by atoms with E-state index in [-0.39, 0.29) is 19.2 Å². The fourth-order valence-electron chi connectivity index (χ4n) is 1.35. The Hall–Kier alpha value is -1.39. The highest BCUT2D eigenvalue weighted by Crippen LogP contribution is 2.18. The molecule has 0 aliphatic rings. The highest BCUT2D eigenvalue weighted by molar-refractivity contribution is 5.27. The Kier molecular flexibility index (Phi) is 12.7. The molecule has 0 amide bonds. The summed E-state index contributed by atoms with van der Waals surface area (Å²) in [6.07, 6.45) is 1.46. The minimum atomic E-state index is -0.782. The SMILES string of the molecule is C=CCOC(CC)/C(OCOCCOC)=C(\F)C#CCO. The second kappa shape index (κ2) is 13.6. The molecule has 1 N–H and O–H groups in total. The number of aliphatic hydroxyl groups excluding tert-OH is 1. The zero-order chi connectivity index (χ0) is 15.9. The second-order valence-electron chi connectivity index (χ2n) is 3.82. The van der Waals surface area contributed by atoms with Gasteiger partial charge < -0.3 is 24.1 Å². The highest BCUT2D eigenvalue weighted by Gasteiger charge is 2.19. The predicted octanol–water partition coefficient (Wildman–Crippen LogP) is 1.78. The highest BCUT2D eigenvalue weighted by atomic mass is 19.1. The van der Waals surface area contributed by atoms with Gasteiger partial charge in [0.25, 0.3) is 0 Å². The van der Waals surface area contributed by atoms with E-state index >= 15 is 0 Å². The molecule has 0 rings (SSSR count). The van der Waals surface area contributed by atoms with Crippen LogP contribution < -0.4 is 0 Å². The Morgan fingerprint density at radius 3 is 2.76 bits per heavy atom. The number of aliphatic hydroxyl groups is 1. The third kappa shape index (κ3) is 9.21. The van der Waals surface area contributed by atoms with Gasteiger partial charge in [0, 0.05) is 7.11 Å². The molecule has 0 aliphatic carbocycles. The molecule has 6 heteroatoms. The molecule has 0 bridgehead atoms. The van der Waals surface area contributed by atoms with Crippen LogP contribution in [0.4, 0.5) is 4.39 Å². The summed E-state index contributed by atoms with van der Waals surface area (Å²) in [4.78, 5) is 0. The van der Waals surface area contributed by atoms with Crippen molar-refractivity contribution < 1.29 is 28.4 Å². The Morgan fingerprint density at radius 1 is 1.43 bits per heavy atom. The second-order valence-corrected chi connectivity index (χ2v) is 3.82. The molecule has 0 radical (unpaired) electrons. The van der Waals surface area contributed by atoms with Crippen LogP contribution in [0.2, 0.25) is 0 Å². The third-order valence-electron chi connectivity index (χ3n) is 2.30. The van der Waals surface area contributed by atoms with Crippen molar-refractivity contribution in [3.05, 3.63) is 24.2 Å². The number of ether oxygens (including phenoxy) is 4. The van der Waals surface area contributed by atoms with Gasteiger partial charge in [-0.1, -0.05) is 18.9 Å². The first kappa shape index (κ1) is 19.6. The molecule has 5 nitrogen and oxygen atoms in total. The quantitative estimate of drug-likeness (QED) is 0.207. The van der Waals surface area contributed by atoms with E-state index in [4.69, 9.17) is 24.1 Å². The zero-order valence-corrected chi connectivity index (χ0v) is 12.6. The molecule has 21 heavy (non-hydrogen) atoms. The first-order chi connectivity index (χ1) is 10.2. The van der Waals surface area contributed by atoms with E-state index in [0.717, 1.165) is 0 Å². The van der Waals surface area contributed by atoms with Crippen LogP contribution in [0.25, 0.3) is 0 Å². The van der Waals surface area contributed by atoms with Crippen molar-refractivity contribution >= 4 is 0 Å². The lowest BCUT2D eigenvalue weighted by atomic mass is 10.2. The van der Waals surface area contributed by atoms with Crippen molar-refractivity contribution in [3.63, 3.8) is 0 Å². The Bertz CT molecular complexity index is 370. The van der Waals surface area contributed by atoms with Gasteiger partial charge in [0.2, 0.25) is 5.83 Å². The van der Waals surface area contributed by atoms with E-state index in [0.29, 0.717) is 19.6 Å². The molecule has 0 saturated carbocycles. The number of hydrogen-bond donors (Lipinski definition) is 1. The van der Waals surface area contributed by atoms with Crippen molar-refractivity contribution in [1.29, 1.82) is 0 Å². The fourth-order valence-corrected chi connectivity index (χ4v) is 1.35. The summed E-state index contributed by atoms with van der Waals surface area (Å²) in [5.74, 6) is 3.58. The van der Waals surface area contributed by atoms with Crippen LogP contribution in [0.15, 0.2) is 24.2 Å². The lowest BCUT2D eigenvalue weighted by Crippen LogP contribution is -2.20. The summed E-state index contributed by atoms with van der Waals surface area (Å²) in [5.41, 5.74) is 0. The van der Waals surface area contributed by atoms with Crippen LogP contribution in [0.1, 0.15) is 13.3 Å². The summed E-state index contributed by atoms with van der Waals surface area (Å²) in [6.45, 7) is 5.81. The average Bonchev–Trinajstić information content (AvgIpc) is 2.50. The van der Waals surface area contributed by atoms with Gasteiger partial charge in [0.1, 0.15) is 12.7 Å². The van der Waals surface area contributed by atoms with Crippen molar-refractivity contribution in [2.45, 2.75) is 19.4 Å². The number of methoxy groups -OCH3 is 1. The van der Waals surface area contributed by atoms with E-state index in [1.54, 1.807) is 13.2 Å². The largest absolute Gasteiger partial charge is 0.465 e. The number of halogens is 1. The zero-order valence-electron chi connectivity index (χ0n) is 12.6. The number of rotatable bonds is 11. The number of allylic oxidation sites excluding steroid dienone is 1. The maximum Gasteiger partial charge on any atom is 0.213 e. The molecule has 0 saturated heterocycles. The Balaban J connectivity index is 4.77. The molecule has 0 heterocycles. The summed E-state index contributed by atoms with van der Waals surface area (Å²) in [5, 5.41) is 8.62. The molecule has 0 spiro atoms. The van der Waals surface area contributed by atoms with Crippen molar-refractivity contribution in [2.75, 3.05) is 40.3 Å². The molecule has 0 aromatic carbocycles. The standard InChI is InChI=1S/C15H23FO5/c1-4-9-20-14(5-2)15(13(16)7-6-8-17)21-12-19-11-10-18-3/h4,14,17H,1,5,8-12H2,2-3H3/b15-13+. The van der Waals surface area contributed by atoms with Crippen molar-refractivity contribution in [3.8, 4) is 11.8 Å². The lowest BCUT2D eigenvalue weighted by Gasteiger charge is -2.19. The molecule has 0 fully saturated rings. The first-order valence-corrected chi connectivity index (χ1v) is 6.62. The van der Waals surface area contributed by atoms with E-state index < -0.39 is 18.5 Å². The van der Waals surface area contributed by atoms with Crippen molar-refractivity contribution in [1.82, 2.24) is 0 Å². The van der Waals surface area contributed by atoms with Gasteiger partial charge in [0.15, 0.2) is 12.6 Å². The van der Waals surface area contributed by atoms with Gasteiger partial charge >= 0.3 is 0 Å². The summed E-state index contributed by atoms with van der Waals surface area (Å²) in [7, 11) is 1.55. The van der Waals surface area contributed by atoms with Gasteiger partial charge in [-0.15, -0.1) is 6.58 Å². The molecule has 0 aromatic heterocycles. The third-order valence-corrected chi connectivity index (χ3v) is 2.30. The monoisotopic (exact) mass is 302 g/mol. The van der Waals surface area contributed by atoms with E-state index in [1.165, 1.54) is 0 Å². The molecular weight excluding hydrogens is 279 g/mol. The molecule has 1 atom stereocenters. The smallest absolute Gasteiger partial charge is 0.213 e. The topological polar surface area (TPSA) is 57.2 Å². The van der Waals surface area contributed by atoms with E-state index in [1.807, 2.05) is 6.92 Å². The van der Waals surface area contributed by atoms with Crippen LogP contribution in [-0.2, 0) is 18.9 Å². The summed E-state index contributed by atoms with van der Waals surface area (Å²) in [6, 6.07) is 0. The van der Waals surface area contributed by atoms with Gasteiger partial charge in [0.05, 0.1) is 19.8 Å². The van der Waals surface area contributed by atoms with Gasteiger partial charge in [-0.05, 0) is 12.3 Å². The van der Waals surface area contributed by atoms with Gasteiger partial charge in [-0.2, -0.15) is 4.39 Å². The minimum Gasteiger partial charge on any atom is -0.465 e. The van der Waals surface area contributed by atoms with Crippen LogP contribution >= 0.6 is 0 Å². The normalized spacial score (nSPS) is 13.0. The Labute approximate surface area is 125 Å². The maximum absolute atomic E-state index is 14.0. The van der Waals surface area contributed by atoms with E-state index in [9.17, 15) is 4.39 Å². The summed E-state index contributed by atoms with van der Waals surface area (Å²) < 4.78 is 34.6. The predicted molar refractivity (Wildman–Crippen MR) is 77.0 cm³/mol. The molecule has 1 unspecified atom stereocenters. The minimum absolute atomic E-state index is 0.0438. The van der Waals surface area contributed by atoms with Crippen LogP contribution in [-0.4, -0.2) is 51.5 Å². The Morgan fingerprint density at radius 2 is 2.19 bits per heavy atom. The van der Waals surface area contributed by atoms with Crippen molar-refractivity contribution in [2.24, 2.45) is 0 Å². The molecular formula is C15H23FO5. The molecule has 120 valence electrons. The summed E-state index contributed by atoms with van der Waals surface area (Å²) >= 11 is 0. The van der Waals surface area contributed by atoms with Gasteiger partial charge in [-0.3, -0.25) is 0 Å². The fraction of sp³-hybridized carbons (Fsp3) is 0.600. The molecule has 0 aliphatic heterocycles. The van der Waals surface area contributed by atoms with Gasteiger partial charge in [-0.25, -0.2) is 0 Å². The first-order valence-electron chi connectivity index (χ1n) is 6.62. The number of hydrogen-bond acceptors (Lipinski definition) is 5. The molecule has 0 aromatic rings. The van der Waals surface area contributed by atoms with Crippen LogP contribution in [0.5, 0.6) is 0 Å². The van der Waals surface area contributed by atoms with Crippen LogP contribution in [0.3, 0.4) is 0 Å². The van der Waals surface area contributed by atoms with E-state index in [2.05, 4.69) is 18.4 Å². The maximum atomic E-state index is 14.0. The van der Waals surface area contributed by atoms with Crippen LogP contribution in [0, 0.1) is 11.8 Å².